The van der Waals surface area contributed by atoms with E-state index in [0.717, 1.165) is 56.7 Å². The first-order valence-corrected chi connectivity index (χ1v) is 15.0. The molecule has 196 valence electrons. The second-order valence-corrected chi connectivity index (χ2v) is 10.8. The number of rotatable bonds is 10. The van der Waals surface area contributed by atoms with Crippen molar-refractivity contribution in [2.24, 2.45) is 0 Å². The summed E-state index contributed by atoms with van der Waals surface area (Å²) in [5, 5.41) is 1.31. The van der Waals surface area contributed by atoms with Crippen LogP contribution in [0.4, 0.5) is 0 Å². The van der Waals surface area contributed by atoms with E-state index in [9.17, 15) is 0 Å². The quantitative estimate of drug-likeness (QED) is 0.123. The van der Waals surface area contributed by atoms with Crippen molar-refractivity contribution >= 4 is 23.5 Å². The van der Waals surface area contributed by atoms with Gasteiger partial charge in [0.15, 0.2) is 11.5 Å². The lowest BCUT2D eigenvalue weighted by atomic mass is 10.1. The molecule has 0 aliphatic carbocycles. The van der Waals surface area contributed by atoms with Gasteiger partial charge in [-0.05, 0) is 0 Å². The van der Waals surface area contributed by atoms with Crippen LogP contribution in [-0.4, -0.2) is 21.5 Å². The Hall–Kier alpha value is -4.26. The third-order valence-electron chi connectivity index (χ3n) is 6.15. The highest BCUT2D eigenvalue weighted by molar-refractivity contribution is 7.99. The number of benzene rings is 4. The molecule has 0 N–H and O–H groups in total. The Morgan fingerprint density at radius 1 is 0.450 bits per heavy atom. The van der Waals surface area contributed by atoms with Crippen LogP contribution in [0.2, 0.25) is 0 Å². The predicted molar refractivity (Wildman–Crippen MR) is 165 cm³/mol. The summed E-state index contributed by atoms with van der Waals surface area (Å²) in [5.74, 6) is 3.08. The van der Waals surface area contributed by atoms with Crippen LogP contribution in [0.25, 0.3) is 45.2 Å². The van der Waals surface area contributed by atoms with Crippen LogP contribution >= 0.6 is 23.5 Å². The van der Waals surface area contributed by atoms with Crippen molar-refractivity contribution in [3.63, 3.8) is 0 Å². The molecular formula is C34H26N2O2S2. The van der Waals surface area contributed by atoms with Crippen LogP contribution in [-0.2, 0) is 0 Å². The van der Waals surface area contributed by atoms with Crippen LogP contribution in [0, 0.1) is 0 Å². The minimum Gasteiger partial charge on any atom is -0.431 e. The van der Waals surface area contributed by atoms with E-state index in [4.69, 9.17) is 18.8 Å². The van der Waals surface area contributed by atoms with Gasteiger partial charge in [0.2, 0.25) is 0 Å². The third-order valence-corrected chi connectivity index (χ3v) is 7.72. The molecule has 40 heavy (non-hydrogen) atoms. The molecule has 4 nitrogen and oxygen atoms in total. The topological polar surface area (TPSA) is 52.1 Å². The smallest absolute Gasteiger partial charge is 0.257 e. The lowest BCUT2D eigenvalue weighted by Gasteiger charge is -2.00. The van der Waals surface area contributed by atoms with Gasteiger partial charge in [-0.3, -0.25) is 0 Å². The summed E-state index contributed by atoms with van der Waals surface area (Å²) in [4.78, 5) is 9.65. The second kappa shape index (κ2) is 12.7. The Labute approximate surface area is 242 Å². The van der Waals surface area contributed by atoms with Gasteiger partial charge < -0.3 is 8.83 Å². The zero-order valence-electron chi connectivity index (χ0n) is 21.6. The van der Waals surface area contributed by atoms with Crippen molar-refractivity contribution in [2.45, 2.75) is 10.4 Å². The number of oxazole rings is 2. The van der Waals surface area contributed by atoms with Gasteiger partial charge in [0, 0.05) is 33.8 Å². The molecular weight excluding hydrogens is 533 g/mol. The first-order valence-electron chi connectivity index (χ1n) is 13.0. The molecule has 2 heterocycles. The Morgan fingerprint density at radius 3 is 1.12 bits per heavy atom. The van der Waals surface area contributed by atoms with Crippen LogP contribution in [0.15, 0.2) is 153 Å². The summed E-state index contributed by atoms with van der Waals surface area (Å²) in [6.45, 7) is 0. The molecule has 0 fully saturated rings. The van der Waals surface area contributed by atoms with E-state index in [0.29, 0.717) is 10.4 Å². The summed E-state index contributed by atoms with van der Waals surface area (Å²) >= 11 is 3.16. The predicted octanol–water partition coefficient (Wildman–Crippen LogP) is 9.77. The second-order valence-electron chi connectivity index (χ2n) is 8.87. The lowest BCUT2D eigenvalue weighted by Crippen LogP contribution is -1.82. The third kappa shape index (κ3) is 6.14. The van der Waals surface area contributed by atoms with E-state index in [1.807, 2.05) is 97.1 Å². The molecule has 4 aromatic carbocycles. The van der Waals surface area contributed by atoms with Crippen LogP contribution in [0.5, 0.6) is 0 Å². The molecule has 6 heteroatoms. The number of hydrogen-bond acceptors (Lipinski definition) is 6. The maximum atomic E-state index is 6.22. The Kier molecular flexibility index (Phi) is 8.27. The zero-order chi connectivity index (χ0) is 27.0. The van der Waals surface area contributed by atoms with E-state index >= 15 is 0 Å². The van der Waals surface area contributed by atoms with Crippen molar-refractivity contribution in [3.8, 4) is 45.2 Å². The van der Waals surface area contributed by atoms with Crippen molar-refractivity contribution in [2.75, 3.05) is 11.5 Å². The fourth-order valence-corrected chi connectivity index (χ4v) is 5.60. The standard InChI is InChI=1S/C34H26N2O2S2/c1-5-15-25(16-6-1)29-31(27-19-9-3-10-20-27)37-33(35-29)39-23-13-14-24-40-34-36-30(26-17-7-2-8-18-26)32(38-34)28-21-11-4-12-22-28/h1-22H,23-24H2. The number of aromatic nitrogens is 2. The van der Waals surface area contributed by atoms with Crippen LogP contribution in [0.1, 0.15) is 0 Å². The van der Waals surface area contributed by atoms with Gasteiger partial charge in [0.05, 0.1) is 0 Å². The number of thioether (sulfide) groups is 2. The maximum Gasteiger partial charge on any atom is 0.257 e. The minimum absolute atomic E-state index is 0.655. The summed E-state index contributed by atoms with van der Waals surface area (Å²) in [6.07, 6.45) is 4.26. The molecule has 0 saturated carbocycles. The van der Waals surface area contributed by atoms with Crippen molar-refractivity contribution in [1.29, 1.82) is 0 Å². The lowest BCUT2D eigenvalue weighted by molar-refractivity contribution is 0.466. The van der Waals surface area contributed by atoms with Gasteiger partial charge in [0.25, 0.3) is 10.4 Å². The van der Waals surface area contributed by atoms with Crippen molar-refractivity contribution < 1.29 is 8.83 Å². The fourth-order valence-electron chi connectivity index (χ4n) is 4.25. The fraction of sp³-hybridized carbons (Fsp3) is 0.0588. The van der Waals surface area contributed by atoms with Gasteiger partial charge in [-0.2, -0.15) is 0 Å². The Balaban J connectivity index is 1.12. The van der Waals surface area contributed by atoms with E-state index in [-0.39, 0.29) is 0 Å². The molecule has 6 rings (SSSR count). The Morgan fingerprint density at radius 2 is 0.775 bits per heavy atom. The normalized spacial score (nSPS) is 11.3. The van der Waals surface area contributed by atoms with E-state index < -0.39 is 0 Å². The zero-order valence-corrected chi connectivity index (χ0v) is 23.3. The minimum atomic E-state index is 0.655. The average Bonchev–Trinajstić information content (AvgIpc) is 3.66. The largest absolute Gasteiger partial charge is 0.431 e. The van der Waals surface area contributed by atoms with E-state index in [1.165, 1.54) is 0 Å². The molecule has 0 aliphatic heterocycles. The average molecular weight is 559 g/mol. The molecule has 6 aromatic rings. The van der Waals surface area contributed by atoms with Gasteiger partial charge in [-0.15, -0.1) is 0 Å². The summed E-state index contributed by atoms with van der Waals surface area (Å²) in [5.41, 5.74) is 5.84. The molecule has 0 spiro atoms. The molecule has 0 aliphatic rings. The monoisotopic (exact) mass is 558 g/mol. The molecule has 0 amide bonds. The first-order chi connectivity index (χ1) is 19.8. The number of nitrogens with zero attached hydrogens (tertiary/aromatic N) is 2. The van der Waals surface area contributed by atoms with Crippen molar-refractivity contribution in [1.82, 2.24) is 9.97 Å². The van der Waals surface area contributed by atoms with Gasteiger partial charge >= 0.3 is 0 Å². The molecule has 2 aromatic heterocycles. The maximum absolute atomic E-state index is 6.22. The van der Waals surface area contributed by atoms with Gasteiger partial charge in [-0.25, -0.2) is 9.97 Å². The summed E-state index contributed by atoms with van der Waals surface area (Å²) < 4.78 is 12.4. The highest BCUT2D eigenvalue weighted by atomic mass is 32.2. The summed E-state index contributed by atoms with van der Waals surface area (Å²) in [7, 11) is 0. The molecule has 0 unspecified atom stereocenters. The highest BCUT2D eigenvalue weighted by Crippen LogP contribution is 2.37. The van der Waals surface area contributed by atoms with Gasteiger partial charge in [0.1, 0.15) is 11.4 Å². The molecule has 0 bridgehead atoms. The molecule has 0 saturated heterocycles. The Bertz CT molecular complexity index is 1440. The highest BCUT2D eigenvalue weighted by Gasteiger charge is 2.18. The number of hydrogen-bond donors (Lipinski definition) is 0. The summed E-state index contributed by atoms with van der Waals surface area (Å²) in [6, 6.07) is 40.6. The molecule has 0 atom stereocenters. The van der Waals surface area contributed by atoms with Crippen LogP contribution < -0.4 is 0 Å². The van der Waals surface area contributed by atoms with Crippen LogP contribution in [0.3, 0.4) is 0 Å². The SMILES string of the molecule is C(=CCSc1nc(-c2ccccc2)c(-c2ccccc2)o1)CSc1nc(-c2ccccc2)c(-c2ccccc2)o1. The van der Waals surface area contributed by atoms with Crippen molar-refractivity contribution in [3.05, 3.63) is 133 Å². The van der Waals surface area contributed by atoms with Gasteiger partial charge in [-0.1, -0.05) is 157 Å². The van der Waals surface area contributed by atoms with E-state index in [1.54, 1.807) is 23.5 Å². The first kappa shape index (κ1) is 26.0. The van der Waals surface area contributed by atoms with E-state index in [2.05, 4.69) is 36.4 Å². The molecule has 0 radical (unpaired) electrons.